The molecule has 0 saturated heterocycles. The molecule has 1 aromatic heterocycles. The molecular formula is C26H29N3O7. The number of nitrogens with zero attached hydrogens (tertiary/aromatic N) is 2. The number of carbonyl (C=O) groups excluding carboxylic acids is 2. The van der Waals surface area contributed by atoms with E-state index in [2.05, 4.69) is 15.1 Å². The van der Waals surface area contributed by atoms with Crippen LogP contribution in [-0.2, 0) is 27.3 Å². The molecule has 0 aliphatic carbocycles. The summed E-state index contributed by atoms with van der Waals surface area (Å²) in [5.41, 5.74) is 2.27. The van der Waals surface area contributed by atoms with Crippen LogP contribution in [0.4, 0.5) is 0 Å². The van der Waals surface area contributed by atoms with Gasteiger partial charge in [0, 0.05) is 30.6 Å². The van der Waals surface area contributed by atoms with Crippen molar-refractivity contribution in [2.45, 2.75) is 65.7 Å². The number of carbonyl (C=O) groups is 2. The summed E-state index contributed by atoms with van der Waals surface area (Å²) < 4.78 is 16.5. The Bertz CT molecular complexity index is 1320. The fraction of sp³-hybridized carbons (Fsp3) is 0.385. The SMILES string of the molecule is Cc1c(C)c2c(c(C)c1O)CCC(C)(C(=O)OC(C(=O)NCc1ccccc1)c1no[n+]([O-])c1C)O2. The summed E-state index contributed by atoms with van der Waals surface area (Å²) in [6, 6.07) is 9.22. The predicted molar refractivity (Wildman–Crippen MR) is 127 cm³/mol. The van der Waals surface area contributed by atoms with Gasteiger partial charge in [-0.2, -0.15) is 0 Å². The van der Waals surface area contributed by atoms with Crippen molar-refractivity contribution in [2.75, 3.05) is 0 Å². The second-order valence-electron chi connectivity index (χ2n) is 9.25. The lowest BCUT2D eigenvalue weighted by atomic mass is 9.87. The number of esters is 1. The summed E-state index contributed by atoms with van der Waals surface area (Å²) in [7, 11) is 0. The monoisotopic (exact) mass is 495 g/mol. The van der Waals surface area contributed by atoms with E-state index in [1.54, 1.807) is 13.8 Å². The summed E-state index contributed by atoms with van der Waals surface area (Å²) in [5, 5.41) is 28.6. The van der Waals surface area contributed by atoms with E-state index in [-0.39, 0.29) is 35.0 Å². The molecule has 1 amide bonds. The van der Waals surface area contributed by atoms with Gasteiger partial charge in [-0.1, -0.05) is 30.3 Å². The molecule has 4 rings (SSSR count). The van der Waals surface area contributed by atoms with E-state index in [4.69, 9.17) is 9.47 Å². The number of aromatic nitrogens is 2. The predicted octanol–water partition coefficient (Wildman–Crippen LogP) is 2.93. The topological polar surface area (TPSA) is 138 Å². The molecule has 2 heterocycles. The lowest BCUT2D eigenvalue weighted by molar-refractivity contribution is -0.807. The van der Waals surface area contributed by atoms with Crippen molar-refractivity contribution in [3.05, 3.63) is 74.7 Å². The smallest absolute Gasteiger partial charge is 0.351 e. The van der Waals surface area contributed by atoms with Crippen molar-refractivity contribution < 1.29 is 33.7 Å². The van der Waals surface area contributed by atoms with Crippen LogP contribution in [-0.4, -0.2) is 27.7 Å². The third kappa shape index (κ3) is 4.46. The average Bonchev–Trinajstić information content (AvgIpc) is 3.21. The van der Waals surface area contributed by atoms with Gasteiger partial charge in [0.15, 0.2) is 5.69 Å². The zero-order chi connectivity index (χ0) is 26.2. The Kier molecular flexibility index (Phi) is 6.62. The third-order valence-corrected chi connectivity index (χ3v) is 6.83. The number of benzene rings is 2. The van der Waals surface area contributed by atoms with Gasteiger partial charge in [-0.15, -0.1) is 0 Å². The van der Waals surface area contributed by atoms with Crippen LogP contribution in [0.3, 0.4) is 0 Å². The van der Waals surface area contributed by atoms with Crippen LogP contribution in [0.5, 0.6) is 11.5 Å². The van der Waals surface area contributed by atoms with Crippen molar-refractivity contribution in [3.63, 3.8) is 0 Å². The summed E-state index contributed by atoms with van der Waals surface area (Å²) in [6.45, 7) is 8.60. The molecule has 0 saturated carbocycles. The normalized spacial score (nSPS) is 17.6. The zero-order valence-electron chi connectivity index (χ0n) is 20.9. The highest BCUT2D eigenvalue weighted by molar-refractivity contribution is 5.87. The Balaban J connectivity index is 1.60. The lowest BCUT2D eigenvalue weighted by Crippen LogP contribution is -2.47. The van der Waals surface area contributed by atoms with Crippen molar-refractivity contribution in [2.24, 2.45) is 0 Å². The Hall–Kier alpha value is -4.08. The quantitative estimate of drug-likeness (QED) is 0.393. The van der Waals surface area contributed by atoms with E-state index >= 15 is 0 Å². The molecule has 0 spiro atoms. The Morgan fingerprint density at radius 2 is 1.89 bits per heavy atom. The molecule has 190 valence electrons. The van der Waals surface area contributed by atoms with Gasteiger partial charge >= 0.3 is 5.97 Å². The fourth-order valence-electron chi connectivity index (χ4n) is 4.27. The number of hydrogen-bond acceptors (Lipinski definition) is 8. The van der Waals surface area contributed by atoms with Gasteiger partial charge in [-0.3, -0.25) is 9.42 Å². The number of phenols is 1. The molecule has 2 unspecified atom stereocenters. The van der Waals surface area contributed by atoms with Crippen LogP contribution in [0.15, 0.2) is 35.0 Å². The number of aromatic hydroxyl groups is 1. The molecule has 2 N–H and O–H groups in total. The summed E-state index contributed by atoms with van der Waals surface area (Å²) in [6.07, 6.45) is -0.791. The Labute approximate surface area is 208 Å². The maximum absolute atomic E-state index is 13.4. The number of nitrogens with one attached hydrogen (secondary N) is 1. The van der Waals surface area contributed by atoms with Gasteiger partial charge in [0.05, 0.1) is 0 Å². The van der Waals surface area contributed by atoms with Crippen LogP contribution in [0.25, 0.3) is 0 Å². The number of amides is 1. The van der Waals surface area contributed by atoms with E-state index in [0.29, 0.717) is 23.3 Å². The minimum absolute atomic E-state index is 0.000270. The zero-order valence-corrected chi connectivity index (χ0v) is 20.9. The standard InChI is InChI=1S/C26H29N3O7/c1-14-15(2)22-19(16(3)21(14)30)11-12-26(5,35-22)25(32)34-23(20-17(4)29(33)36-28-20)24(31)27-13-18-9-7-6-8-10-18/h6-10,23,30H,11-13H2,1-5H3,(H,27,31). The molecule has 10 nitrogen and oxygen atoms in total. The second kappa shape index (κ2) is 9.52. The van der Waals surface area contributed by atoms with Gasteiger partial charge < -0.3 is 25.1 Å². The van der Waals surface area contributed by atoms with Gasteiger partial charge in [-0.05, 0) is 61.3 Å². The minimum atomic E-state index is -1.52. The molecule has 0 fully saturated rings. The van der Waals surface area contributed by atoms with Crippen LogP contribution in [0, 0.1) is 32.9 Å². The summed E-state index contributed by atoms with van der Waals surface area (Å²) in [4.78, 5) is 26.7. The highest BCUT2D eigenvalue weighted by Gasteiger charge is 2.46. The lowest BCUT2D eigenvalue weighted by Gasteiger charge is -2.36. The molecule has 2 atom stereocenters. The van der Waals surface area contributed by atoms with E-state index in [1.807, 2.05) is 44.2 Å². The van der Waals surface area contributed by atoms with Crippen LogP contribution >= 0.6 is 0 Å². The number of hydrogen-bond donors (Lipinski definition) is 2. The molecular weight excluding hydrogens is 466 g/mol. The summed E-state index contributed by atoms with van der Waals surface area (Å²) in [5.74, 6) is -0.704. The largest absolute Gasteiger partial charge is 0.507 e. The fourth-order valence-corrected chi connectivity index (χ4v) is 4.27. The first-order chi connectivity index (χ1) is 17.0. The highest BCUT2D eigenvalue weighted by Crippen LogP contribution is 2.43. The first-order valence-corrected chi connectivity index (χ1v) is 11.6. The number of phenolic OH excluding ortho intramolecular Hbond substituents is 1. The van der Waals surface area contributed by atoms with Crippen molar-refractivity contribution in [3.8, 4) is 11.5 Å². The number of fused-ring (bicyclic) bond motifs is 1. The van der Waals surface area contributed by atoms with Gasteiger partial charge in [0.2, 0.25) is 5.60 Å². The second-order valence-corrected chi connectivity index (χ2v) is 9.25. The first-order valence-electron chi connectivity index (χ1n) is 11.6. The van der Waals surface area contributed by atoms with Crippen molar-refractivity contribution in [1.29, 1.82) is 0 Å². The van der Waals surface area contributed by atoms with E-state index in [1.165, 1.54) is 6.92 Å². The van der Waals surface area contributed by atoms with Crippen LogP contribution < -0.4 is 15.0 Å². The summed E-state index contributed by atoms with van der Waals surface area (Å²) >= 11 is 0. The van der Waals surface area contributed by atoms with Crippen LogP contribution in [0.1, 0.15) is 58.7 Å². The van der Waals surface area contributed by atoms with Gasteiger partial charge in [0.25, 0.3) is 17.7 Å². The molecule has 3 aromatic rings. The van der Waals surface area contributed by atoms with Gasteiger partial charge in [0.1, 0.15) is 11.5 Å². The van der Waals surface area contributed by atoms with E-state index < -0.39 is 23.6 Å². The number of ether oxygens (including phenoxy) is 2. The van der Waals surface area contributed by atoms with E-state index in [9.17, 15) is 19.9 Å². The first kappa shape index (κ1) is 25.0. The Morgan fingerprint density at radius 1 is 1.19 bits per heavy atom. The maximum Gasteiger partial charge on any atom is 0.351 e. The average molecular weight is 496 g/mol. The molecule has 1 aliphatic heterocycles. The van der Waals surface area contributed by atoms with Crippen LogP contribution in [0.2, 0.25) is 0 Å². The molecule has 2 aromatic carbocycles. The number of rotatable bonds is 6. The van der Waals surface area contributed by atoms with Gasteiger partial charge in [-0.25, -0.2) is 4.79 Å². The minimum Gasteiger partial charge on any atom is -0.507 e. The molecule has 0 bridgehead atoms. The van der Waals surface area contributed by atoms with E-state index in [0.717, 1.165) is 16.7 Å². The van der Waals surface area contributed by atoms with Crippen molar-refractivity contribution in [1.82, 2.24) is 10.5 Å². The molecule has 10 heteroatoms. The van der Waals surface area contributed by atoms with Crippen molar-refractivity contribution >= 4 is 11.9 Å². The maximum atomic E-state index is 13.4. The molecule has 1 aliphatic rings. The Morgan fingerprint density at radius 3 is 2.53 bits per heavy atom. The highest BCUT2D eigenvalue weighted by atomic mass is 16.8. The molecule has 0 radical (unpaired) electrons. The third-order valence-electron chi connectivity index (χ3n) is 6.83. The molecule has 36 heavy (non-hydrogen) atoms.